The van der Waals surface area contributed by atoms with Crippen LogP contribution in [0, 0.1) is 5.82 Å². The second kappa shape index (κ2) is 5.21. The van der Waals surface area contributed by atoms with Crippen molar-refractivity contribution in [3.8, 4) is 5.75 Å². The van der Waals surface area contributed by atoms with E-state index in [-0.39, 0.29) is 5.75 Å². The van der Waals surface area contributed by atoms with Crippen LogP contribution in [0.5, 0.6) is 5.75 Å². The van der Waals surface area contributed by atoms with Crippen molar-refractivity contribution in [3.63, 3.8) is 0 Å². The van der Waals surface area contributed by atoms with Gasteiger partial charge in [0.2, 0.25) is 0 Å². The van der Waals surface area contributed by atoms with Gasteiger partial charge < -0.3 is 4.74 Å². The molecule has 0 bridgehead atoms. The third-order valence-corrected chi connectivity index (χ3v) is 2.07. The van der Waals surface area contributed by atoms with Crippen molar-refractivity contribution in [1.82, 2.24) is 5.43 Å². The molecule has 100 valence electrons. The van der Waals surface area contributed by atoms with Crippen LogP contribution < -0.4 is 16.0 Å². The van der Waals surface area contributed by atoms with Gasteiger partial charge >= 0.3 is 6.18 Å². The number of nitrogens with two attached hydrogens (primary N) is 1. The number of carbonyl (C=O) groups excluding carboxylic acids is 1. The van der Waals surface area contributed by atoms with Crippen molar-refractivity contribution in [2.24, 2.45) is 5.84 Å². The zero-order chi connectivity index (χ0) is 13.9. The first-order valence-corrected chi connectivity index (χ1v) is 4.79. The molecular weight excluding hydrogens is 256 g/mol. The van der Waals surface area contributed by atoms with Crippen LogP contribution in [-0.2, 0) is 11.0 Å². The molecule has 0 aliphatic carbocycles. The Morgan fingerprint density at radius 3 is 2.56 bits per heavy atom. The summed E-state index contributed by atoms with van der Waals surface area (Å²) in [6, 6.07) is 2.09. The number of ether oxygens (including phenoxy) is 1. The summed E-state index contributed by atoms with van der Waals surface area (Å²) < 4.78 is 55.0. The van der Waals surface area contributed by atoms with Crippen LogP contribution >= 0.6 is 0 Å². The third-order valence-electron chi connectivity index (χ3n) is 2.07. The number of hydrazine groups is 1. The number of hydrogen-bond donors (Lipinski definition) is 2. The maximum Gasteiger partial charge on any atom is 0.419 e. The van der Waals surface area contributed by atoms with Gasteiger partial charge in [0, 0.05) is 0 Å². The Balaban J connectivity index is 2.96. The van der Waals surface area contributed by atoms with Gasteiger partial charge in [0.1, 0.15) is 11.6 Å². The molecule has 0 radical (unpaired) electrons. The smallest absolute Gasteiger partial charge is 0.419 e. The summed E-state index contributed by atoms with van der Waals surface area (Å²) >= 11 is 0. The summed E-state index contributed by atoms with van der Waals surface area (Å²) in [6.45, 7) is 1.29. The highest BCUT2D eigenvalue weighted by Crippen LogP contribution is 2.33. The van der Waals surface area contributed by atoms with E-state index in [1.54, 1.807) is 5.43 Å². The lowest BCUT2D eigenvalue weighted by molar-refractivity contribution is -0.140. The zero-order valence-corrected chi connectivity index (χ0v) is 9.22. The molecule has 18 heavy (non-hydrogen) atoms. The molecule has 4 nitrogen and oxygen atoms in total. The normalized spacial score (nSPS) is 13.0. The molecule has 0 saturated carbocycles. The Morgan fingerprint density at radius 1 is 1.44 bits per heavy atom. The van der Waals surface area contributed by atoms with Gasteiger partial charge in [0.25, 0.3) is 5.91 Å². The first kappa shape index (κ1) is 14.2. The summed E-state index contributed by atoms with van der Waals surface area (Å²) in [7, 11) is 0. The van der Waals surface area contributed by atoms with Crippen molar-refractivity contribution in [1.29, 1.82) is 0 Å². The lowest BCUT2D eigenvalue weighted by atomic mass is 10.2. The molecule has 0 saturated heterocycles. The van der Waals surface area contributed by atoms with Crippen LogP contribution in [0.2, 0.25) is 0 Å². The van der Waals surface area contributed by atoms with Crippen LogP contribution in [0.25, 0.3) is 0 Å². The van der Waals surface area contributed by atoms with Gasteiger partial charge in [-0.05, 0) is 25.1 Å². The number of amides is 1. The minimum absolute atomic E-state index is 0.278. The maximum absolute atomic E-state index is 13.0. The van der Waals surface area contributed by atoms with E-state index >= 15 is 0 Å². The van der Waals surface area contributed by atoms with Crippen LogP contribution in [0.1, 0.15) is 12.5 Å². The van der Waals surface area contributed by atoms with Crippen molar-refractivity contribution in [3.05, 3.63) is 29.6 Å². The van der Waals surface area contributed by atoms with E-state index in [0.29, 0.717) is 12.1 Å². The highest BCUT2D eigenvalue weighted by atomic mass is 19.4. The largest absolute Gasteiger partial charge is 0.481 e. The quantitative estimate of drug-likeness (QED) is 0.378. The molecule has 1 atom stereocenters. The predicted molar refractivity (Wildman–Crippen MR) is 53.8 cm³/mol. The fourth-order valence-electron chi connectivity index (χ4n) is 1.17. The van der Waals surface area contributed by atoms with Crippen molar-refractivity contribution in [2.45, 2.75) is 19.2 Å². The number of benzene rings is 1. The van der Waals surface area contributed by atoms with E-state index in [0.717, 1.165) is 6.07 Å². The van der Waals surface area contributed by atoms with Crippen LogP contribution in [0.15, 0.2) is 18.2 Å². The molecular formula is C10H10F4N2O2. The molecule has 3 N–H and O–H groups in total. The fraction of sp³-hybridized carbons (Fsp3) is 0.300. The predicted octanol–water partition coefficient (Wildman–Crippen LogP) is 1.60. The van der Waals surface area contributed by atoms with Gasteiger partial charge in [-0.25, -0.2) is 10.2 Å². The summed E-state index contributed by atoms with van der Waals surface area (Å²) in [5.74, 6) is 2.43. The minimum Gasteiger partial charge on any atom is -0.481 e. The van der Waals surface area contributed by atoms with Crippen LogP contribution in [-0.4, -0.2) is 12.0 Å². The molecule has 1 amide bonds. The van der Waals surface area contributed by atoms with Gasteiger partial charge in [0.15, 0.2) is 6.10 Å². The van der Waals surface area contributed by atoms with Gasteiger partial charge in [0.05, 0.1) is 5.56 Å². The number of carbonyl (C=O) groups is 1. The standard InChI is InChI=1S/C10H10F4N2O2/c1-5(9(17)16-15)18-6-2-3-8(11)7(4-6)10(12,13)14/h2-5H,15H2,1H3,(H,16,17). The lowest BCUT2D eigenvalue weighted by Gasteiger charge is -2.15. The van der Waals surface area contributed by atoms with Crippen molar-refractivity contribution >= 4 is 5.91 Å². The van der Waals surface area contributed by atoms with E-state index in [1.165, 1.54) is 6.92 Å². The SMILES string of the molecule is CC(Oc1ccc(F)c(C(F)(F)F)c1)C(=O)NN. The molecule has 0 heterocycles. The second-order valence-electron chi connectivity index (χ2n) is 3.41. The Hall–Kier alpha value is -1.83. The van der Waals surface area contributed by atoms with Crippen LogP contribution in [0.4, 0.5) is 17.6 Å². The average molecular weight is 266 g/mol. The number of alkyl halides is 3. The first-order chi connectivity index (χ1) is 8.25. The molecule has 0 spiro atoms. The number of hydrogen-bond acceptors (Lipinski definition) is 3. The monoisotopic (exact) mass is 266 g/mol. The minimum atomic E-state index is -4.83. The second-order valence-corrected chi connectivity index (χ2v) is 3.41. The molecule has 1 unspecified atom stereocenters. The Bertz CT molecular complexity index is 448. The highest BCUT2D eigenvalue weighted by molar-refractivity contribution is 5.80. The molecule has 0 aliphatic rings. The maximum atomic E-state index is 13.0. The van der Waals surface area contributed by atoms with E-state index in [4.69, 9.17) is 10.6 Å². The molecule has 1 rings (SSSR count). The molecule has 8 heteroatoms. The molecule has 0 fully saturated rings. The Labute approximate surface area is 99.7 Å². The molecule has 0 aliphatic heterocycles. The Morgan fingerprint density at radius 2 is 2.06 bits per heavy atom. The average Bonchev–Trinajstić information content (AvgIpc) is 2.29. The van der Waals surface area contributed by atoms with Gasteiger partial charge in [-0.1, -0.05) is 0 Å². The van der Waals surface area contributed by atoms with E-state index in [1.807, 2.05) is 0 Å². The summed E-state index contributed by atoms with van der Waals surface area (Å²) in [5, 5.41) is 0. The third kappa shape index (κ3) is 3.33. The zero-order valence-electron chi connectivity index (χ0n) is 9.22. The van der Waals surface area contributed by atoms with Gasteiger partial charge in [-0.3, -0.25) is 10.2 Å². The number of halogens is 4. The van der Waals surface area contributed by atoms with Crippen molar-refractivity contribution in [2.75, 3.05) is 0 Å². The summed E-state index contributed by atoms with van der Waals surface area (Å²) in [5.41, 5.74) is 0.323. The van der Waals surface area contributed by atoms with E-state index < -0.39 is 29.6 Å². The molecule has 0 aromatic heterocycles. The number of rotatable bonds is 3. The lowest BCUT2D eigenvalue weighted by Crippen LogP contribution is -2.40. The van der Waals surface area contributed by atoms with Gasteiger partial charge in [-0.2, -0.15) is 13.2 Å². The topological polar surface area (TPSA) is 64.3 Å². The van der Waals surface area contributed by atoms with Crippen LogP contribution in [0.3, 0.4) is 0 Å². The summed E-state index contributed by atoms with van der Waals surface area (Å²) in [6.07, 6.45) is -5.93. The van der Waals surface area contributed by atoms with Crippen molar-refractivity contribution < 1.29 is 27.1 Å². The highest BCUT2D eigenvalue weighted by Gasteiger charge is 2.34. The van der Waals surface area contributed by atoms with E-state index in [9.17, 15) is 22.4 Å². The number of nitrogens with one attached hydrogen (secondary N) is 1. The molecule has 1 aromatic rings. The summed E-state index contributed by atoms with van der Waals surface area (Å²) in [4.78, 5) is 11.0. The first-order valence-electron chi connectivity index (χ1n) is 4.79. The Kier molecular flexibility index (Phi) is 4.12. The molecule has 1 aromatic carbocycles. The van der Waals surface area contributed by atoms with Gasteiger partial charge in [-0.15, -0.1) is 0 Å². The van der Waals surface area contributed by atoms with E-state index in [2.05, 4.69) is 0 Å². The fourth-order valence-corrected chi connectivity index (χ4v) is 1.17.